The molecular formula is C28H38ClN5O2. The Labute approximate surface area is 220 Å². The van der Waals surface area contributed by atoms with Crippen LogP contribution < -0.4 is 11.1 Å². The molecule has 7 nitrogen and oxygen atoms in total. The molecule has 0 radical (unpaired) electrons. The summed E-state index contributed by atoms with van der Waals surface area (Å²) in [6, 6.07) is 8.82. The van der Waals surface area contributed by atoms with Crippen molar-refractivity contribution in [2.24, 2.45) is 5.73 Å². The Morgan fingerprint density at radius 3 is 2.53 bits per heavy atom. The quantitative estimate of drug-likeness (QED) is 0.184. The highest BCUT2D eigenvalue weighted by Crippen LogP contribution is 2.13. The van der Waals surface area contributed by atoms with E-state index in [9.17, 15) is 4.79 Å². The van der Waals surface area contributed by atoms with Crippen molar-refractivity contribution in [2.75, 3.05) is 13.2 Å². The molecule has 3 N–H and O–H groups in total. The molecule has 2 rings (SSSR count). The smallest absolute Gasteiger partial charge is 0.241 e. The number of allylic oxidation sites excluding steroid dienone is 2. The number of nitrogens with zero attached hydrogens (tertiary/aromatic N) is 3. The van der Waals surface area contributed by atoms with Crippen LogP contribution in [0.3, 0.4) is 0 Å². The summed E-state index contributed by atoms with van der Waals surface area (Å²) in [5, 5.41) is 12.0. The zero-order valence-electron chi connectivity index (χ0n) is 21.8. The molecule has 2 aromatic rings. The predicted molar refractivity (Wildman–Crippen MR) is 147 cm³/mol. The van der Waals surface area contributed by atoms with Crippen LogP contribution in [-0.2, 0) is 22.5 Å². The molecule has 0 spiro atoms. The summed E-state index contributed by atoms with van der Waals surface area (Å²) in [5.74, 6) is 1.19. The summed E-state index contributed by atoms with van der Waals surface area (Å²) in [6.45, 7) is 16.4. The summed E-state index contributed by atoms with van der Waals surface area (Å²) in [6.07, 6.45) is 6.58. The van der Waals surface area contributed by atoms with Crippen molar-refractivity contribution in [3.8, 4) is 6.07 Å². The maximum Gasteiger partial charge on any atom is 0.241 e. The zero-order valence-corrected chi connectivity index (χ0v) is 22.5. The molecule has 0 aliphatic carbocycles. The molecule has 0 bridgehead atoms. The maximum absolute atomic E-state index is 12.5. The summed E-state index contributed by atoms with van der Waals surface area (Å²) in [4.78, 5) is 16.9. The van der Waals surface area contributed by atoms with Crippen LogP contribution in [0, 0.1) is 18.3 Å². The van der Waals surface area contributed by atoms with Crippen LogP contribution in [-0.4, -0.2) is 40.0 Å². The number of alkyl halides is 1. The number of nitriles is 1. The third kappa shape index (κ3) is 10.1. The Kier molecular flexibility index (Phi) is 13.9. The van der Waals surface area contributed by atoms with E-state index in [0.717, 1.165) is 23.5 Å². The number of carbonyl (C=O) groups excluding carboxylic acids is 1. The zero-order chi connectivity index (χ0) is 27.1. The van der Waals surface area contributed by atoms with E-state index in [1.807, 2.05) is 39.1 Å². The number of hydrogen-bond acceptors (Lipinski definition) is 5. The molecule has 194 valence electrons. The molecule has 0 saturated heterocycles. The first-order valence-corrected chi connectivity index (χ1v) is 12.4. The molecule has 1 heterocycles. The lowest BCUT2D eigenvalue weighted by molar-refractivity contribution is -0.121. The van der Waals surface area contributed by atoms with E-state index in [-0.39, 0.29) is 11.3 Å². The monoisotopic (exact) mass is 511 g/mol. The van der Waals surface area contributed by atoms with E-state index in [1.54, 1.807) is 31.2 Å². The van der Waals surface area contributed by atoms with Gasteiger partial charge in [0.25, 0.3) is 0 Å². The predicted octanol–water partition coefficient (Wildman–Crippen LogP) is 4.78. The Balaban J connectivity index is 0.00000118. The molecule has 1 aromatic carbocycles. The molecule has 0 saturated carbocycles. The van der Waals surface area contributed by atoms with Gasteiger partial charge in [-0.05, 0) is 56.5 Å². The van der Waals surface area contributed by atoms with Gasteiger partial charge >= 0.3 is 0 Å². The van der Waals surface area contributed by atoms with E-state index in [2.05, 4.69) is 34.1 Å². The molecular weight excluding hydrogens is 474 g/mol. The maximum atomic E-state index is 12.5. The van der Waals surface area contributed by atoms with E-state index in [0.29, 0.717) is 43.0 Å². The van der Waals surface area contributed by atoms with Crippen molar-refractivity contribution in [1.82, 2.24) is 14.9 Å². The van der Waals surface area contributed by atoms with Crippen molar-refractivity contribution in [2.45, 2.75) is 58.5 Å². The summed E-state index contributed by atoms with van der Waals surface area (Å²) in [7, 11) is 0. The van der Waals surface area contributed by atoms with Gasteiger partial charge in [-0.2, -0.15) is 5.26 Å². The minimum atomic E-state index is -0.796. The van der Waals surface area contributed by atoms with Crippen LogP contribution in [0.2, 0.25) is 0 Å². The first-order chi connectivity index (χ1) is 17.2. The second-order valence-electron chi connectivity index (χ2n) is 8.22. The highest BCUT2D eigenvalue weighted by atomic mass is 35.5. The first kappa shape index (κ1) is 30.7. The summed E-state index contributed by atoms with van der Waals surface area (Å²) >= 11 is 5.34. The Morgan fingerprint density at radius 2 is 2.00 bits per heavy atom. The number of imidazole rings is 1. The number of halogens is 1. The number of aromatic nitrogens is 2. The van der Waals surface area contributed by atoms with Crippen LogP contribution in [0.15, 0.2) is 67.1 Å². The van der Waals surface area contributed by atoms with E-state index >= 15 is 0 Å². The second-order valence-corrected chi connectivity index (χ2v) is 8.91. The third-order valence-electron chi connectivity index (χ3n) is 5.35. The normalized spacial score (nSPS) is 12.7. The average molecular weight is 512 g/mol. The second kappa shape index (κ2) is 16.4. The summed E-state index contributed by atoms with van der Waals surface area (Å²) in [5.41, 5.74) is 9.49. The van der Waals surface area contributed by atoms with Crippen LogP contribution in [0.4, 0.5) is 0 Å². The number of amides is 1. The number of hydrogen-bond donors (Lipinski definition) is 2. The molecule has 2 atom stereocenters. The minimum absolute atomic E-state index is 0.120. The van der Waals surface area contributed by atoms with Gasteiger partial charge in [0, 0.05) is 36.8 Å². The van der Waals surface area contributed by atoms with Crippen LogP contribution in [0.25, 0.3) is 0 Å². The lowest BCUT2D eigenvalue weighted by Crippen LogP contribution is -2.42. The van der Waals surface area contributed by atoms with Crippen molar-refractivity contribution >= 4 is 17.5 Å². The van der Waals surface area contributed by atoms with E-state index in [4.69, 9.17) is 27.3 Å². The lowest BCUT2D eigenvalue weighted by atomic mass is 10.1. The molecule has 0 fully saturated rings. The van der Waals surface area contributed by atoms with Crippen molar-refractivity contribution in [3.05, 3.63) is 89.7 Å². The van der Waals surface area contributed by atoms with Crippen molar-refractivity contribution in [3.63, 3.8) is 0 Å². The van der Waals surface area contributed by atoms with E-state index in [1.165, 1.54) is 0 Å². The molecule has 1 aromatic heterocycles. The number of benzene rings is 1. The molecule has 0 aliphatic rings. The van der Waals surface area contributed by atoms with Gasteiger partial charge in [0.1, 0.15) is 17.6 Å². The fourth-order valence-corrected chi connectivity index (χ4v) is 3.12. The molecule has 36 heavy (non-hydrogen) atoms. The Morgan fingerprint density at radius 1 is 1.36 bits per heavy atom. The molecule has 0 aliphatic heterocycles. The fourth-order valence-electron chi connectivity index (χ4n) is 3.12. The van der Waals surface area contributed by atoms with Gasteiger partial charge in [-0.15, -0.1) is 18.2 Å². The largest absolute Gasteiger partial charge is 0.494 e. The van der Waals surface area contributed by atoms with Crippen molar-refractivity contribution < 1.29 is 9.53 Å². The summed E-state index contributed by atoms with van der Waals surface area (Å²) < 4.78 is 7.71. The van der Waals surface area contributed by atoms with Gasteiger partial charge < -0.3 is 20.4 Å². The third-order valence-corrected chi connectivity index (χ3v) is 5.53. The fraction of sp³-hybridized carbons (Fsp3) is 0.393. The number of carbonyl (C=O) groups is 1. The van der Waals surface area contributed by atoms with E-state index < -0.39 is 6.04 Å². The van der Waals surface area contributed by atoms with Gasteiger partial charge in [-0.25, -0.2) is 4.98 Å². The minimum Gasteiger partial charge on any atom is -0.494 e. The first-order valence-electron chi connectivity index (χ1n) is 11.9. The van der Waals surface area contributed by atoms with Gasteiger partial charge in [-0.1, -0.05) is 31.7 Å². The number of aryl methyl sites for hydroxylation is 1. The number of nitrogens with one attached hydrogen (secondary N) is 1. The standard InChI is InChI=1S/C24H31N5O2.C4H7Cl/c1-5-13-31-22(6-2)17(3)23(26)24(30)27-12-11-21-15-28-18(4)29(21)16-20-9-7-19(14-25)8-10-20;1-3-4(2)5/h6-10,15,23H,2,5,11-13,16,26H2,1,3-4H3,(H,27,30);3-4H,1H2,2H3/b22-17-;. The number of rotatable bonds is 12. The number of nitrogens with two attached hydrogens (primary N) is 1. The van der Waals surface area contributed by atoms with Crippen molar-refractivity contribution in [1.29, 1.82) is 5.26 Å². The highest BCUT2D eigenvalue weighted by Gasteiger charge is 2.18. The van der Waals surface area contributed by atoms with Gasteiger partial charge in [0.05, 0.1) is 18.2 Å². The Bertz CT molecular complexity index is 1060. The van der Waals surface area contributed by atoms with Crippen LogP contribution in [0.5, 0.6) is 0 Å². The van der Waals surface area contributed by atoms with Crippen LogP contribution >= 0.6 is 11.6 Å². The average Bonchev–Trinajstić information content (AvgIpc) is 3.23. The number of ether oxygens (including phenoxy) is 1. The molecule has 2 unspecified atom stereocenters. The highest BCUT2D eigenvalue weighted by molar-refractivity contribution is 6.21. The Hall–Kier alpha value is -3.34. The lowest BCUT2D eigenvalue weighted by Gasteiger charge is -2.17. The SMILES string of the molecule is C=C/C(OCCC)=C(\C)C(N)C(=O)NCCc1cnc(C)n1Cc1ccc(C#N)cc1.C=CC(C)Cl. The van der Waals surface area contributed by atoms with Gasteiger partial charge in [0.15, 0.2) is 0 Å². The topological polar surface area (TPSA) is 106 Å². The van der Waals surface area contributed by atoms with Gasteiger partial charge in [-0.3, -0.25) is 4.79 Å². The molecule has 8 heteroatoms. The van der Waals surface area contributed by atoms with Crippen LogP contribution in [0.1, 0.15) is 49.8 Å². The van der Waals surface area contributed by atoms with Gasteiger partial charge in [0.2, 0.25) is 5.91 Å². The molecule has 1 amide bonds.